The average Bonchev–Trinajstić information content (AvgIpc) is 2.49. The third-order valence-electron chi connectivity index (χ3n) is 3.50. The van der Waals surface area contributed by atoms with Crippen molar-refractivity contribution >= 4 is 11.4 Å². The van der Waals surface area contributed by atoms with E-state index in [1.165, 1.54) is 5.56 Å². The first-order chi connectivity index (χ1) is 9.81. The maximum Gasteiger partial charge on any atom is 0.170 e. The summed E-state index contributed by atoms with van der Waals surface area (Å²) in [5.74, 6) is 0.186. The molecular formula is C18H17NO. The van der Waals surface area contributed by atoms with Crippen molar-refractivity contribution in [1.29, 1.82) is 0 Å². The first-order valence-corrected chi connectivity index (χ1v) is 6.86. The van der Waals surface area contributed by atoms with Crippen LogP contribution in [-0.2, 0) is 11.3 Å². The predicted molar refractivity (Wildman–Crippen MR) is 81.1 cm³/mol. The van der Waals surface area contributed by atoms with E-state index >= 15 is 0 Å². The Morgan fingerprint density at radius 2 is 1.50 bits per heavy atom. The molecule has 3 rings (SSSR count). The molecule has 2 nitrogen and oxygen atoms in total. The van der Waals surface area contributed by atoms with Gasteiger partial charge in [0.25, 0.3) is 0 Å². The number of benzene rings is 2. The summed E-state index contributed by atoms with van der Waals surface area (Å²) < 4.78 is 0. The monoisotopic (exact) mass is 263 g/mol. The molecule has 0 N–H and O–H groups in total. The highest BCUT2D eigenvalue weighted by atomic mass is 16.1. The van der Waals surface area contributed by atoms with Gasteiger partial charge >= 0.3 is 0 Å². The van der Waals surface area contributed by atoms with Gasteiger partial charge in [0, 0.05) is 13.1 Å². The van der Waals surface area contributed by atoms with Crippen LogP contribution in [0.1, 0.15) is 11.1 Å². The van der Waals surface area contributed by atoms with Crippen molar-refractivity contribution < 1.29 is 4.79 Å². The fraction of sp³-hybridized carbons (Fsp3) is 0.167. The van der Waals surface area contributed by atoms with Gasteiger partial charge in [-0.05, 0) is 22.8 Å². The van der Waals surface area contributed by atoms with E-state index in [-0.39, 0.29) is 5.78 Å². The van der Waals surface area contributed by atoms with Gasteiger partial charge in [-0.15, -0.1) is 0 Å². The lowest BCUT2D eigenvalue weighted by Crippen LogP contribution is -2.34. The van der Waals surface area contributed by atoms with Gasteiger partial charge in [0.15, 0.2) is 5.78 Å². The second kappa shape index (κ2) is 5.85. The van der Waals surface area contributed by atoms with Gasteiger partial charge in [-0.25, -0.2) is 0 Å². The second-order valence-corrected chi connectivity index (χ2v) is 5.13. The summed E-state index contributed by atoms with van der Waals surface area (Å²) in [4.78, 5) is 14.1. The molecule has 0 saturated carbocycles. The van der Waals surface area contributed by atoms with Gasteiger partial charge in [-0.2, -0.15) is 0 Å². The molecule has 0 aliphatic carbocycles. The van der Waals surface area contributed by atoms with Crippen molar-refractivity contribution in [2.75, 3.05) is 13.1 Å². The molecule has 1 aliphatic rings. The standard InChI is InChI=1S/C18H17NO/c20-18-11-17(16-9-5-2-6-10-16)13-19(14-18)12-15-7-3-1-4-8-15/h1-11H,12-14H2. The summed E-state index contributed by atoms with van der Waals surface area (Å²) in [6.07, 6.45) is 1.79. The van der Waals surface area contributed by atoms with Gasteiger partial charge in [0.1, 0.15) is 0 Å². The smallest absolute Gasteiger partial charge is 0.170 e. The SMILES string of the molecule is O=C1C=C(c2ccccc2)CN(Cc2ccccc2)C1. The van der Waals surface area contributed by atoms with Crippen molar-refractivity contribution in [3.63, 3.8) is 0 Å². The summed E-state index contributed by atoms with van der Waals surface area (Å²) in [6, 6.07) is 20.4. The number of ketones is 1. The molecule has 1 aliphatic heterocycles. The largest absolute Gasteiger partial charge is 0.293 e. The maximum absolute atomic E-state index is 11.9. The van der Waals surface area contributed by atoms with E-state index in [2.05, 4.69) is 29.2 Å². The van der Waals surface area contributed by atoms with Gasteiger partial charge < -0.3 is 0 Å². The first-order valence-electron chi connectivity index (χ1n) is 6.86. The molecule has 2 aromatic rings. The van der Waals surface area contributed by atoms with Crippen LogP contribution in [0.3, 0.4) is 0 Å². The zero-order valence-corrected chi connectivity index (χ0v) is 11.3. The fourth-order valence-corrected chi connectivity index (χ4v) is 2.58. The molecule has 20 heavy (non-hydrogen) atoms. The number of carbonyl (C=O) groups excluding carboxylic acids is 1. The molecule has 0 spiro atoms. The highest BCUT2D eigenvalue weighted by Crippen LogP contribution is 2.20. The quantitative estimate of drug-likeness (QED) is 0.848. The Bertz CT molecular complexity index is 616. The number of hydrogen-bond acceptors (Lipinski definition) is 2. The highest BCUT2D eigenvalue weighted by molar-refractivity contribution is 6.00. The van der Waals surface area contributed by atoms with E-state index in [9.17, 15) is 4.79 Å². The van der Waals surface area contributed by atoms with Gasteiger partial charge in [-0.1, -0.05) is 60.7 Å². The summed E-state index contributed by atoms with van der Waals surface area (Å²) in [5, 5.41) is 0. The maximum atomic E-state index is 11.9. The second-order valence-electron chi connectivity index (χ2n) is 5.13. The third-order valence-corrected chi connectivity index (χ3v) is 3.50. The van der Waals surface area contributed by atoms with Crippen molar-refractivity contribution in [3.8, 4) is 0 Å². The molecule has 100 valence electrons. The Morgan fingerprint density at radius 3 is 2.20 bits per heavy atom. The van der Waals surface area contributed by atoms with Crippen LogP contribution in [-0.4, -0.2) is 23.8 Å². The number of carbonyl (C=O) groups is 1. The van der Waals surface area contributed by atoms with Crippen molar-refractivity contribution in [3.05, 3.63) is 77.9 Å². The van der Waals surface area contributed by atoms with Crippen LogP contribution in [0.4, 0.5) is 0 Å². The van der Waals surface area contributed by atoms with Crippen LogP contribution >= 0.6 is 0 Å². The van der Waals surface area contributed by atoms with E-state index in [1.807, 2.05) is 36.4 Å². The van der Waals surface area contributed by atoms with Gasteiger partial charge in [0.05, 0.1) is 6.54 Å². The van der Waals surface area contributed by atoms with Crippen LogP contribution < -0.4 is 0 Å². The normalized spacial score (nSPS) is 16.0. The molecule has 0 unspecified atom stereocenters. The first kappa shape index (κ1) is 12.8. The molecule has 0 saturated heterocycles. The Kier molecular flexibility index (Phi) is 3.75. The minimum atomic E-state index is 0.186. The number of hydrogen-bond donors (Lipinski definition) is 0. The molecule has 0 aromatic heterocycles. The number of rotatable bonds is 3. The van der Waals surface area contributed by atoms with E-state index in [4.69, 9.17) is 0 Å². The van der Waals surface area contributed by atoms with E-state index < -0.39 is 0 Å². The summed E-state index contributed by atoms with van der Waals surface area (Å²) in [5.41, 5.74) is 3.49. The Labute approximate surface area is 119 Å². The highest BCUT2D eigenvalue weighted by Gasteiger charge is 2.18. The third kappa shape index (κ3) is 3.03. The lowest BCUT2D eigenvalue weighted by atomic mass is 10.0. The molecule has 0 atom stereocenters. The summed E-state index contributed by atoms with van der Waals surface area (Å²) >= 11 is 0. The lowest BCUT2D eigenvalue weighted by Gasteiger charge is -2.26. The van der Waals surface area contributed by atoms with Crippen LogP contribution in [0.25, 0.3) is 5.57 Å². The van der Waals surface area contributed by atoms with Crippen LogP contribution in [0.5, 0.6) is 0 Å². The Balaban J connectivity index is 1.77. The van der Waals surface area contributed by atoms with Crippen molar-refractivity contribution in [1.82, 2.24) is 4.90 Å². The molecule has 2 heteroatoms. The summed E-state index contributed by atoms with van der Waals surface area (Å²) in [7, 11) is 0. The zero-order chi connectivity index (χ0) is 13.8. The van der Waals surface area contributed by atoms with Crippen LogP contribution in [0.2, 0.25) is 0 Å². The average molecular weight is 263 g/mol. The molecule has 0 bridgehead atoms. The van der Waals surface area contributed by atoms with E-state index in [0.29, 0.717) is 6.54 Å². The summed E-state index contributed by atoms with van der Waals surface area (Å²) in [6.45, 7) is 2.15. The van der Waals surface area contributed by atoms with E-state index in [1.54, 1.807) is 6.08 Å². The fourth-order valence-electron chi connectivity index (χ4n) is 2.58. The van der Waals surface area contributed by atoms with Crippen LogP contribution in [0.15, 0.2) is 66.7 Å². The lowest BCUT2D eigenvalue weighted by molar-refractivity contribution is -0.116. The molecule has 1 heterocycles. The van der Waals surface area contributed by atoms with Crippen molar-refractivity contribution in [2.45, 2.75) is 6.54 Å². The molecule has 0 amide bonds. The van der Waals surface area contributed by atoms with E-state index in [0.717, 1.165) is 24.2 Å². The topological polar surface area (TPSA) is 20.3 Å². The predicted octanol–water partition coefficient (Wildman–Crippen LogP) is 3.15. The zero-order valence-electron chi connectivity index (χ0n) is 11.3. The Hall–Kier alpha value is -2.19. The molecule has 0 radical (unpaired) electrons. The Morgan fingerprint density at radius 1 is 0.850 bits per heavy atom. The van der Waals surface area contributed by atoms with Crippen LogP contribution in [0, 0.1) is 0 Å². The molecule has 0 fully saturated rings. The number of nitrogens with zero attached hydrogens (tertiary/aromatic N) is 1. The molecule has 2 aromatic carbocycles. The minimum Gasteiger partial charge on any atom is -0.293 e. The molecular weight excluding hydrogens is 246 g/mol. The van der Waals surface area contributed by atoms with Gasteiger partial charge in [0.2, 0.25) is 0 Å². The van der Waals surface area contributed by atoms with Crippen molar-refractivity contribution in [2.24, 2.45) is 0 Å². The van der Waals surface area contributed by atoms with Gasteiger partial charge in [-0.3, -0.25) is 9.69 Å². The minimum absolute atomic E-state index is 0.186.